The summed E-state index contributed by atoms with van der Waals surface area (Å²) in [5, 5.41) is 24.3. The Morgan fingerprint density at radius 1 is 1.24 bits per heavy atom. The van der Waals surface area contributed by atoms with Gasteiger partial charge in [0.25, 0.3) is 6.01 Å². The summed E-state index contributed by atoms with van der Waals surface area (Å²) in [5.74, 6) is 0.146. The Bertz CT molecular complexity index is 932. The van der Waals surface area contributed by atoms with Gasteiger partial charge in [0.15, 0.2) is 17.3 Å². The molecular formula is C17H17N5O3. The van der Waals surface area contributed by atoms with Gasteiger partial charge >= 0.3 is 0 Å². The third kappa shape index (κ3) is 3.37. The van der Waals surface area contributed by atoms with E-state index in [-0.39, 0.29) is 23.3 Å². The fraction of sp³-hybridized carbons (Fsp3) is 0.118. The van der Waals surface area contributed by atoms with Crippen LogP contribution in [0.2, 0.25) is 0 Å². The molecule has 3 aromatic rings. The molecule has 0 radical (unpaired) electrons. The van der Waals surface area contributed by atoms with Crippen molar-refractivity contribution in [2.45, 2.75) is 13.8 Å². The van der Waals surface area contributed by atoms with E-state index in [9.17, 15) is 5.11 Å². The number of hydrogen-bond donors (Lipinski definition) is 4. The number of hydrogen-bond acceptors (Lipinski definition) is 7. The molecule has 0 saturated heterocycles. The highest BCUT2D eigenvalue weighted by molar-refractivity contribution is 5.97. The predicted octanol–water partition coefficient (Wildman–Crippen LogP) is 2.90. The average molecular weight is 339 g/mol. The minimum atomic E-state index is -0.280. The van der Waals surface area contributed by atoms with E-state index < -0.39 is 0 Å². The van der Waals surface area contributed by atoms with Crippen LogP contribution in [0.25, 0.3) is 11.3 Å². The summed E-state index contributed by atoms with van der Waals surface area (Å²) in [7, 11) is 0. The van der Waals surface area contributed by atoms with Crippen molar-refractivity contribution in [3.63, 3.8) is 0 Å². The number of nitrogens with two attached hydrogens (primary N) is 1. The number of pyridine rings is 1. The molecule has 0 aliphatic rings. The van der Waals surface area contributed by atoms with Gasteiger partial charge in [-0.05, 0) is 13.8 Å². The molecule has 0 bridgehead atoms. The molecule has 0 aliphatic carbocycles. The van der Waals surface area contributed by atoms with Gasteiger partial charge in [0.1, 0.15) is 5.75 Å². The molecule has 8 nitrogen and oxygen atoms in total. The summed E-state index contributed by atoms with van der Waals surface area (Å²) in [4.78, 5) is 8.28. The Morgan fingerprint density at radius 2 is 1.96 bits per heavy atom. The average Bonchev–Trinajstić information content (AvgIpc) is 2.95. The summed E-state index contributed by atoms with van der Waals surface area (Å²) in [6, 6.07) is 9.57. The van der Waals surface area contributed by atoms with Crippen molar-refractivity contribution in [2.75, 3.05) is 5.32 Å². The van der Waals surface area contributed by atoms with Crippen LogP contribution in [0.1, 0.15) is 17.0 Å². The van der Waals surface area contributed by atoms with Gasteiger partial charge in [0.2, 0.25) is 0 Å². The Morgan fingerprint density at radius 3 is 2.60 bits per heavy atom. The Labute approximate surface area is 143 Å². The summed E-state index contributed by atoms with van der Waals surface area (Å²) in [6.07, 6.45) is 1.41. The van der Waals surface area contributed by atoms with E-state index in [0.29, 0.717) is 11.4 Å². The van der Waals surface area contributed by atoms with Crippen LogP contribution in [-0.2, 0) is 0 Å². The minimum absolute atomic E-state index is 0.0167. The zero-order valence-corrected chi connectivity index (χ0v) is 13.7. The van der Waals surface area contributed by atoms with Gasteiger partial charge in [0.05, 0.1) is 17.6 Å². The van der Waals surface area contributed by atoms with Crippen molar-refractivity contribution in [3.05, 3.63) is 53.5 Å². The lowest BCUT2D eigenvalue weighted by molar-refractivity contribution is 0.318. The normalized spacial score (nSPS) is 11.5. The fourth-order valence-electron chi connectivity index (χ4n) is 2.31. The smallest absolute Gasteiger partial charge is 0.299 e. The molecule has 3 rings (SSSR count). The van der Waals surface area contributed by atoms with Gasteiger partial charge in [-0.3, -0.25) is 0 Å². The first-order valence-electron chi connectivity index (χ1n) is 7.46. The number of nitrogens with zero attached hydrogens (tertiary/aromatic N) is 3. The maximum absolute atomic E-state index is 9.91. The van der Waals surface area contributed by atoms with E-state index >= 15 is 0 Å². The third-order valence-corrected chi connectivity index (χ3v) is 3.58. The Kier molecular flexibility index (Phi) is 4.25. The second-order valence-corrected chi connectivity index (χ2v) is 5.50. The topological polar surface area (TPSA) is 130 Å². The molecule has 128 valence electrons. The van der Waals surface area contributed by atoms with Gasteiger partial charge in [-0.2, -0.15) is 4.98 Å². The van der Waals surface area contributed by atoms with E-state index in [0.717, 1.165) is 16.8 Å². The molecule has 8 heteroatoms. The molecule has 0 amide bonds. The highest BCUT2D eigenvalue weighted by Crippen LogP contribution is 2.29. The number of rotatable bonds is 4. The van der Waals surface area contributed by atoms with Crippen LogP contribution in [0.5, 0.6) is 5.75 Å². The van der Waals surface area contributed by atoms with Gasteiger partial charge in [0, 0.05) is 11.6 Å². The highest BCUT2D eigenvalue weighted by Gasteiger charge is 2.14. The van der Waals surface area contributed by atoms with E-state index in [1.54, 1.807) is 0 Å². The van der Waals surface area contributed by atoms with Crippen LogP contribution >= 0.6 is 0 Å². The molecule has 0 spiro atoms. The number of oxime groups is 1. The zero-order chi connectivity index (χ0) is 18.0. The number of aromatic nitrogens is 2. The van der Waals surface area contributed by atoms with E-state index in [2.05, 4.69) is 20.4 Å². The van der Waals surface area contributed by atoms with E-state index in [1.165, 1.54) is 12.3 Å². The lowest BCUT2D eigenvalue weighted by atomic mass is 10.1. The standard InChI is InChI=1S/C17H17N5O3/c1-9-3-5-11(6-4-9)15-10(2)20-17(25-15)21-12-7-13(23)14(19-8-12)16(18)22-24/h3-8,23-24H,1-2H3,(H2,18,22)(H,20,21). The molecule has 0 unspecified atom stereocenters. The Balaban J connectivity index is 1.86. The molecule has 0 fully saturated rings. The summed E-state index contributed by atoms with van der Waals surface area (Å²) >= 11 is 0. The van der Waals surface area contributed by atoms with Crippen molar-refractivity contribution < 1.29 is 14.7 Å². The van der Waals surface area contributed by atoms with E-state index in [1.807, 2.05) is 38.1 Å². The highest BCUT2D eigenvalue weighted by atomic mass is 16.4. The number of benzene rings is 1. The number of nitrogens with one attached hydrogen (secondary N) is 1. The van der Waals surface area contributed by atoms with Crippen LogP contribution in [0, 0.1) is 13.8 Å². The first-order chi connectivity index (χ1) is 12.0. The summed E-state index contributed by atoms with van der Waals surface area (Å²) < 4.78 is 5.76. The maximum atomic E-state index is 9.91. The van der Waals surface area contributed by atoms with Crippen molar-refractivity contribution in [2.24, 2.45) is 10.9 Å². The van der Waals surface area contributed by atoms with E-state index in [4.69, 9.17) is 15.4 Å². The second-order valence-electron chi connectivity index (χ2n) is 5.50. The molecule has 1 aromatic carbocycles. The molecule has 0 aliphatic heterocycles. The van der Waals surface area contributed by atoms with Crippen molar-refractivity contribution in [1.82, 2.24) is 9.97 Å². The fourth-order valence-corrected chi connectivity index (χ4v) is 2.31. The first kappa shape index (κ1) is 16.3. The largest absolute Gasteiger partial charge is 0.505 e. The number of anilines is 2. The molecule has 2 heterocycles. The van der Waals surface area contributed by atoms with Crippen molar-refractivity contribution >= 4 is 17.5 Å². The predicted molar refractivity (Wildman–Crippen MR) is 93.1 cm³/mol. The monoisotopic (exact) mass is 339 g/mol. The van der Waals surface area contributed by atoms with Gasteiger partial charge in [-0.1, -0.05) is 35.0 Å². The molecule has 0 atom stereocenters. The van der Waals surface area contributed by atoms with Crippen molar-refractivity contribution in [3.8, 4) is 17.1 Å². The molecule has 0 saturated carbocycles. The molecule has 2 aromatic heterocycles. The van der Waals surface area contributed by atoms with Crippen molar-refractivity contribution in [1.29, 1.82) is 0 Å². The van der Waals surface area contributed by atoms with Crippen LogP contribution in [0.4, 0.5) is 11.7 Å². The van der Waals surface area contributed by atoms with Crippen LogP contribution in [0.3, 0.4) is 0 Å². The lowest BCUT2D eigenvalue weighted by Crippen LogP contribution is -2.15. The van der Waals surface area contributed by atoms with Gasteiger partial charge < -0.3 is 25.8 Å². The van der Waals surface area contributed by atoms with Crippen LogP contribution in [-0.4, -0.2) is 26.1 Å². The van der Waals surface area contributed by atoms with Crippen LogP contribution in [0.15, 0.2) is 46.1 Å². The molecule has 25 heavy (non-hydrogen) atoms. The molecule has 5 N–H and O–H groups in total. The molecular weight excluding hydrogens is 322 g/mol. The first-order valence-corrected chi connectivity index (χ1v) is 7.46. The minimum Gasteiger partial charge on any atom is -0.505 e. The number of aromatic hydroxyl groups is 1. The quantitative estimate of drug-likeness (QED) is 0.249. The summed E-state index contributed by atoms with van der Waals surface area (Å²) in [5.41, 5.74) is 8.67. The maximum Gasteiger partial charge on any atom is 0.299 e. The Hall–Kier alpha value is -3.55. The SMILES string of the molecule is Cc1ccc(-c2oc(Nc3cnc(/C(N)=N/O)c(O)c3)nc2C)cc1. The number of aryl methyl sites for hydroxylation is 2. The summed E-state index contributed by atoms with van der Waals surface area (Å²) in [6.45, 7) is 3.86. The van der Waals surface area contributed by atoms with Gasteiger partial charge in [-0.25, -0.2) is 4.98 Å². The number of oxazole rings is 1. The number of amidine groups is 1. The third-order valence-electron chi connectivity index (χ3n) is 3.58. The second kappa shape index (κ2) is 6.52. The zero-order valence-electron chi connectivity index (χ0n) is 13.7. The van der Waals surface area contributed by atoms with Crippen LogP contribution < -0.4 is 11.1 Å². The van der Waals surface area contributed by atoms with Gasteiger partial charge in [-0.15, -0.1) is 0 Å². The lowest BCUT2D eigenvalue weighted by Gasteiger charge is -2.05.